The molecular weight excluding hydrogens is 222 g/mol. The molecule has 0 amide bonds. The summed E-state index contributed by atoms with van der Waals surface area (Å²) in [6, 6.07) is 0. The van der Waals surface area contributed by atoms with Crippen LogP contribution in [0.1, 0.15) is 37.6 Å². The van der Waals surface area contributed by atoms with E-state index < -0.39 is 0 Å². The number of nitrogens with one attached hydrogen (secondary N) is 1. The molecule has 0 saturated heterocycles. The predicted molar refractivity (Wildman–Crippen MR) is 67.0 cm³/mol. The molecule has 1 aliphatic carbocycles. The summed E-state index contributed by atoms with van der Waals surface area (Å²) in [5.41, 5.74) is 1.46. The van der Waals surface area contributed by atoms with Gasteiger partial charge in [0.25, 0.3) is 0 Å². The first kappa shape index (κ1) is 11.6. The van der Waals surface area contributed by atoms with Crippen molar-refractivity contribution in [2.75, 3.05) is 11.9 Å². The fourth-order valence-corrected chi connectivity index (χ4v) is 2.08. The van der Waals surface area contributed by atoms with Crippen molar-refractivity contribution >= 4 is 17.4 Å². The average molecular weight is 240 g/mol. The van der Waals surface area contributed by atoms with Gasteiger partial charge >= 0.3 is 0 Å². The van der Waals surface area contributed by atoms with Crippen molar-refractivity contribution in [2.45, 2.75) is 40.0 Å². The molecule has 0 atom stereocenters. The lowest BCUT2D eigenvalue weighted by molar-refractivity contribution is 0.520. The largest absolute Gasteiger partial charge is 0.369 e. The van der Waals surface area contributed by atoms with Gasteiger partial charge in [-0.1, -0.05) is 18.5 Å². The summed E-state index contributed by atoms with van der Waals surface area (Å²) in [5, 5.41) is 3.96. The molecule has 1 aliphatic rings. The van der Waals surface area contributed by atoms with E-state index in [1.54, 1.807) is 0 Å². The van der Waals surface area contributed by atoms with E-state index in [2.05, 4.69) is 22.2 Å². The van der Waals surface area contributed by atoms with Crippen molar-refractivity contribution in [1.29, 1.82) is 0 Å². The fraction of sp³-hybridized carbons (Fsp3) is 0.667. The number of hydrogen-bond donors (Lipinski definition) is 1. The molecule has 88 valence electrons. The molecule has 0 bridgehead atoms. The van der Waals surface area contributed by atoms with Gasteiger partial charge in [-0.05, 0) is 38.5 Å². The van der Waals surface area contributed by atoms with Gasteiger partial charge in [0.05, 0.1) is 0 Å². The molecule has 0 radical (unpaired) electrons. The number of nitrogens with zero attached hydrogens (tertiary/aromatic N) is 2. The Hall–Kier alpha value is -0.830. The maximum Gasteiger partial charge on any atom is 0.137 e. The highest BCUT2D eigenvalue weighted by molar-refractivity contribution is 6.30. The first-order chi connectivity index (χ1) is 7.56. The number of anilines is 1. The summed E-state index contributed by atoms with van der Waals surface area (Å²) >= 11 is 6.03. The predicted octanol–water partition coefficient (Wildman–Crippen LogP) is 3.35. The lowest BCUT2D eigenvalue weighted by Crippen LogP contribution is -2.16. The number of aryl methyl sites for hydroxylation is 1. The highest BCUT2D eigenvalue weighted by Crippen LogP contribution is 2.48. The van der Waals surface area contributed by atoms with Gasteiger partial charge in [-0.15, -0.1) is 0 Å². The maximum absolute atomic E-state index is 6.03. The van der Waals surface area contributed by atoms with Gasteiger partial charge in [-0.3, -0.25) is 0 Å². The molecule has 1 saturated carbocycles. The third-order valence-electron chi connectivity index (χ3n) is 3.54. The summed E-state index contributed by atoms with van der Waals surface area (Å²) < 4.78 is 0. The van der Waals surface area contributed by atoms with Crippen LogP contribution in [0.5, 0.6) is 0 Å². The number of hydrogen-bond acceptors (Lipinski definition) is 3. The monoisotopic (exact) mass is 239 g/mol. The zero-order valence-corrected chi connectivity index (χ0v) is 10.9. The quantitative estimate of drug-likeness (QED) is 0.819. The zero-order chi connectivity index (χ0) is 11.8. The lowest BCUT2D eigenvalue weighted by Gasteiger charge is -2.15. The summed E-state index contributed by atoms with van der Waals surface area (Å²) in [5.74, 6) is 1.61. The van der Waals surface area contributed by atoms with Crippen molar-refractivity contribution in [3.8, 4) is 0 Å². The summed E-state index contributed by atoms with van der Waals surface area (Å²) in [4.78, 5) is 8.52. The van der Waals surface area contributed by atoms with E-state index in [4.69, 9.17) is 11.6 Å². The van der Waals surface area contributed by atoms with Crippen molar-refractivity contribution in [2.24, 2.45) is 5.41 Å². The molecule has 4 heteroatoms. The van der Waals surface area contributed by atoms with Crippen LogP contribution in [0.25, 0.3) is 0 Å². The zero-order valence-electron chi connectivity index (χ0n) is 10.1. The topological polar surface area (TPSA) is 37.8 Å². The molecule has 1 heterocycles. The average Bonchev–Trinajstić information content (AvgIpc) is 3.02. The molecule has 1 aromatic heterocycles. The van der Waals surface area contributed by atoms with Gasteiger partial charge in [0.1, 0.15) is 16.8 Å². The Bertz CT molecular complexity index is 399. The van der Waals surface area contributed by atoms with Crippen LogP contribution in [0.3, 0.4) is 0 Å². The minimum absolute atomic E-state index is 0.512. The van der Waals surface area contributed by atoms with E-state index in [1.807, 2.05) is 13.8 Å². The Morgan fingerprint density at radius 3 is 2.56 bits per heavy atom. The molecule has 1 aromatic rings. The second-order valence-electron chi connectivity index (χ2n) is 4.74. The van der Waals surface area contributed by atoms with Crippen LogP contribution in [0, 0.1) is 19.3 Å². The van der Waals surface area contributed by atoms with Crippen LogP contribution in [0.4, 0.5) is 5.82 Å². The van der Waals surface area contributed by atoms with Gasteiger partial charge in [-0.25, -0.2) is 9.97 Å². The molecule has 3 nitrogen and oxygen atoms in total. The van der Waals surface area contributed by atoms with Crippen LogP contribution in [-0.2, 0) is 0 Å². The third-order valence-corrected chi connectivity index (χ3v) is 3.90. The Morgan fingerprint density at radius 1 is 1.31 bits per heavy atom. The van der Waals surface area contributed by atoms with Gasteiger partial charge in [0.2, 0.25) is 0 Å². The standard InChI is InChI=1S/C12H18ClN3/c1-4-12(5-6-12)7-14-11-8(2)10(13)15-9(3)16-11/h4-7H2,1-3H3,(H,14,15,16). The number of halogens is 1. The minimum atomic E-state index is 0.512. The van der Waals surface area contributed by atoms with Crippen LogP contribution in [0.15, 0.2) is 0 Å². The summed E-state index contributed by atoms with van der Waals surface area (Å²) in [6.45, 7) is 7.07. The van der Waals surface area contributed by atoms with Crippen LogP contribution in [0.2, 0.25) is 5.15 Å². The Morgan fingerprint density at radius 2 is 2.00 bits per heavy atom. The molecule has 0 aliphatic heterocycles. The first-order valence-corrected chi connectivity index (χ1v) is 6.19. The molecule has 16 heavy (non-hydrogen) atoms. The van der Waals surface area contributed by atoms with Crippen molar-refractivity contribution in [3.63, 3.8) is 0 Å². The van der Waals surface area contributed by atoms with E-state index >= 15 is 0 Å². The lowest BCUT2D eigenvalue weighted by atomic mass is 10.0. The van der Waals surface area contributed by atoms with Gasteiger partial charge in [0, 0.05) is 12.1 Å². The highest BCUT2D eigenvalue weighted by atomic mass is 35.5. The Labute approximate surface area is 102 Å². The number of aromatic nitrogens is 2. The van der Waals surface area contributed by atoms with Crippen LogP contribution >= 0.6 is 11.6 Å². The van der Waals surface area contributed by atoms with E-state index in [-0.39, 0.29) is 0 Å². The van der Waals surface area contributed by atoms with Crippen molar-refractivity contribution < 1.29 is 0 Å². The molecule has 2 rings (SSSR count). The molecule has 1 fully saturated rings. The smallest absolute Gasteiger partial charge is 0.137 e. The molecule has 0 aromatic carbocycles. The normalized spacial score (nSPS) is 17.2. The Kier molecular flexibility index (Phi) is 3.06. The number of rotatable bonds is 4. The van der Waals surface area contributed by atoms with E-state index in [0.29, 0.717) is 10.6 Å². The minimum Gasteiger partial charge on any atom is -0.369 e. The molecule has 0 unspecified atom stereocenters. The SMILES string of the molecule is CCC1(CNc2nc(C)nc(Cl)c2C)CC1. The fourth-order valence-electron chi connectivity index (χ4n) is 1.87. The van der Waals surface area contributed by atoms with Gasteiger partial charge in [-0.2, -0.15) is 0 Å². The van der Waals surface area contributed by atoms with Gasteiger partial charge < -0.3 is 5.32 Å². The molecular formula is C12H18ClN3. The highest BCUT2D eigenvalue weighted by Gasteiger charge is 2.40. The van der Waals surface area contributed by atoms with Crippen LogP contribution < -0.4 is 5.32 Å². The second kappa shape index (κ2) is 4.21. The van der Waals surface area contributed by atoms with Gasteiger partial charge in [0.15, 0.2) is 0 Å². The van der Waals surface area contributed by atoms with Crippen LogP contribution in [-0.4, -0.2) is 16.5 Å². The Balaban J connectivity index is 2.09. The second-order valence-corrected chi connectivity index (χ2v) is 5.10. The third kappa shape index (κ3) is 2.29. The molecule has 0 spiro atoms. The molecule has 1 N–H and O–H groups in total. The maximum atomic E-state index is 6.03. The van der Waals surface area contributed by atoms with Crippen molar-refractivity contribution in [1.82, 2.24) is 9.97 Å². The van der Waals surface area contributed by atoms with E-state index in [9.17, 15) is 0 Å². The van der Waals surface area contributed by atoms with E-state index in [0.717, 1.165) is 23.8 Å². The van der Waals surface area contributed by atoms with E-state index in [1.165, 1.54) is 19.3 Å². The summed E-state index contributed by atoms with van der Waals surface area (Å²) in [7, 11) is 0. The summed E-state index contributed by atoms with van der Waals surface area (Å²) in [6.07, 6.45) is 3.89. The van der Waals surface area contributed by atoms with Crippen molar-refractivity contribution in [3.05, 3.63) is 16.5 Å². The first-order valence-electron chi connectivity index (χ1n) is 5.81.